The normalized spacial score (nSPS) is 23.0. The van der Waals surface area contributed by atoms with Crippen LogP contribution in [-0.2, 0) is 15.7 Å². The van der Waals surface area contributed by atoms with Gasteiger partial charge in [0, 0.05) is 25.9 Å². The molecule has 0 saturated carbocycles. The number of carboxylic acids is 1. The topological polar surface area (TPSA) is 70.1 Å². The van der Waals surface area contributed by atoms with Crippen molar-refractivity contribution in [3.63, 3.8) is 0 Å². The van der Waals surface area contributed by atoms with Gasteiger partial charge in [-0.25, -0.2) is 4.79 Å². The Balaban J connectivity index is 2.00. The second-order valence-electron chi connectivity index (χ2n) is 6.76. The zero-order valence-corrected chi connectivity index (χ0v) is 14.8. The smallest absolute Gasteiger partial charge is 0.417 e. The zero-order chi connectivity index (χ0) is 19.8. The Morgan fingerprint density at radius 3 is 2.44 bits per heavy atom. The van der Waals surface area contributed by atoms with Crippen LogP contribution in [0.25, 0.3) is 0 Å². The van der Waals surface area contributed by atoms with Crippen molar-refractivity contribution < 1.29 is 32.6 Å². The number of hydrogen-bond donors (Lipinski definition) is 1. The number of benzene rings is 1. The summed E-state index contributed by atoms with van der Waals surface area (Å²) < 4.78 is 45.8. The second-order valence-corrected chi connectivity index (χ2v) is 6.76. The van der Waals surface area contributed by atoms with Gasteiger partial charge in [0.25, 0.3) is 5.91 Å². The first-order chi connectivity index (χ1) is 12.7. The molecular formula is C18H21F3N2O4. The molecule has 2 fully saturated rings. The van der Waals surface area contributed by atoms with Gasteiger partial charge in [0.15, 0.2) is 6.04 Å². The van der Waals surface area contributed by atoms with Crippen LogP contribution >= 0.6 is 0 Å². The molecule has 1 N–H and O–H groups in total. The molecule has 2 aliphatic heterocycles. The monoisotopic (exact) mass is 386 g/mol. The first-order valence-electron chi connectivity index (χ1n) is 8.78. The SMILES string of the molecule is CCN1CCC2(CC1)OCC(C(=O)O)N2C(=O)c1ccccc1C(F)(F)F. The molecule has 1 unspecified atom stereocenters. The van der Waals surface area contributed by atoms with E-state index in [0.717, 1.165) is 23.6 Å². The number of aliphatic carboxylic acids is 1. The van der Waals surface area contributed by atoms with E-state index in [1.165, 1.54) is 12.1 Å². The highest BCUT2D eigenvalue weighted by Gasteiger charge is 2.54. The number of rotatable bonds is 3. The number of ether oxygens (including phenoxy) is 1. The maximum absolute atomic E-state index is 13.4. The number of piperidine rings is 1. The lowest BCUT2D eigenvalue weighted by Crippen LogP contribution is -2.58. The quantitative estimate of drug-likeness (QED) is 0.864. The Kier molecular flexibility index (Phi) is 5.18. The molecule has 0 aromatic heterocycles. The predicted octanol–water partition coefficient (Wildman–Crippen LogP) is 2.44. The Morgan fingerprint density at radius 1 is 1.26 bits per heavy atom. The van der Waals surface area contributed by atoms with Crippen LogP contribution in [0.5, 0.6) is 0 Å². The number of likely N-dealkylation sites (tertiary alicyclic amines) is 1. The van der Waals surface area contributed by atoms with Gasteiger partial charge in [-0.3, -0.25) is 9.69 Å². The third-order valence-electron chi connectivity index (χ3n) is 5.31. The fourth-order valence-corrected chi connectivity index (χ4v) is 3.82. The largest absolute Gasteiger partial charge is 0.480 e. The van der Waals surface area contributed by atoms with Crippen molar-refractivity contribution in [2.24, 2.45) is 0 Å². The summed E-state index contributed by atoms with van der Waals surface area (Å²) in [6.45, 7) is 3.70. The number of amides is 1. The van der Waals surface area contributed by atoms with E-state index < -0.39 is 40.9 Å². The van der Waals surface area contributed by atoms with E-state index in [-0.39, 0.29) is 6.61 Å². The number of hydrogen-bond acceptors (Lipinski definition) is 4. The van der Waals surface area contributed by atoms with E-state index in [9.17, 15) is 27.9 Å². The van der Waals surface area contributed by atoms with Crippen molar-refractivity contribution in [3.05, 3.63) is 35.4 Å². The average molecular weight is 386 g/mol. The van der Waals surface area contributed by atoms with Crippen molar-refractivity contribution in [2.75, 3.05) is 26.2 Å². The number of carbonyl (C=O) groups is 2. The highest BCUT2D eigenvalue weighted by molar-refractivity contribution is 5.98. The number of carboxylic acid groups (broad SMARTS) is 1. The van der Waals surface area contributed by atoms with Crippen LogP contribution in [0.15, 0.2) is 24.3 Å². The van der Waals surface area contributed by atoms with Gasteiger partial charge in [-0.15, -0.1) is 0 Å². The fourth-order valence-electron chi connectivity index (χ4n) is 3.82. The van der Waals surface area contributed by atoms with Crippen LogP contribution in [0.3, 0.4) is 0 Å². The van der Waals surface area contributed by atoms with Crippen molar-refractivity contribution in [1.82, 2.24) is 9.80 Å². The lowest BCUT2D eigenvalue weighted by atomic mass is 9.95. The second kappa shape index (κ2) is 7.12. The molecule has 1 aromatic carbocycles. The van der Waals surface area contributed by atoms with Gasteiger partial charge in [-0.05, 0) is 18.7 Å². The molecule has 6 nitrogen and oxygen atoms in total. The first-order valence-corrected chi connectivity index (χ1v) is 8.78. The summed E-state index contributed by atoms with van der Waals surface area (Å²) in [5, 5.41) is 9.51. The Bertz CT molecular complexity index is 730. The van der Waals surface area contributed by atoms with Gasteiger partial charge in [0.2, 0.25) is 0 Å². The molecule has 1 aromatic rings. The molecule has 3 rings (SSSR count). The van der Waals surface area contributed by atoms with Gasteiger partial charge in [-0.1, -0.05) is 19.1 Å². The molecule has 2 aliphatic rings. The van der Waals surface area contributed by atoms with E-state index >= 15 is 0 Å². The number of nitrogens with zero attached hydrogens (tertiary/aromatic N) is 2. The van der Waals surface area contributed by atoms with Gasteiger partial charge < -0.3 is 14.7 Å². The Morgan fingerprint density at radius 2 is 1.89 bits per heavy atom. The first kappa shape index (κ1) is 19.6. The molecule has 0 bridgehead atoms. The standard InChI is InChI=1S/C18H21F3N2O4/c1-2-22-9-7-17(8-10-22)23(14(11-27-17)16(25)26)15(24)12-5-3-4-6-13(12)18(19,20)21/h3-6,14H,2,7-11H2,1H3,(H,25,26). The van der Waals surface area contributed by atoms with Crippen LogP contribution in [0.2, 0.25) is 0 Å². The lowest BCUT2D eigenvalue weighted by molar-refractivity contribution is -0.144. The molecule has 0 aliphatic carbocycles. The third kappa shape index (κ3) is 3.53. The fraction of sp³-hybridized carbons (Fsp3) is 0.556. The minimum Gasteiger partial charge on any atom is -0.480 e. The van der Waals surface area contributed by atoms with Crippen LogP contribution in [-0.4, -0.2) is 64.8 Å². The molecular weight excluding hydrogens is 365 g/mol. The maximum Gasteiger partial charge on any atom is 0.417 e. The van der Waals surface area contributed by atoms with Crippen molar-refractivity contribution >= 4 is 11.9 Å². The van der Waals surface area contributed by atoms with Crippen LogP contribution in [0.1, 0.15) is 35.7 Å². The van der Waals surface area contributed by atoms with E-state index in [1.807, 2.05) is 6.92 Å². The molecule has 27 heavy (non-hydrogen) atoms. The molecule has 1 spiro atoms. The lowest BCUT2D eigenvalue weighted by Gasteiger charge is -2.44. The summed E-state index contributed by atoms with van der Waals surface area (Å²) >= 11 is 0. The average Bonchev–Trinajstić information content (AvgIpc) is 3.00. The number of halogens is 3. The minimum atomic E-state index is -4.72. The van der Waals surface area contributed by atoms with Gasteiger partial charge in [0.1, 0.15) is 5.72 Å². The number of alkyl halides is 3. The highest BCUT2D eigenvalue weighted by Crippen LogP contribution is 2.40. The molecule has 2 saturated heterocycles. The van der Waals surface area contributed by atoms with Crippen LogP contribution in [0.4, 0.5) is 13.2 Å². The van der Waals surface area contributed by atoms with Crippen molar-refractivity contribution in [3.8, 4) is 0 Å². The Hall–Kier alpha value is -2.13. The van der Waals surface area contributed by atoms with Gasteiger partial charge in [0.05, 0.1) is 17.7 Å². The predicted molar refractivity (Wildman–Crippen MR) is 89.1 cm³/mol. The molecule has 0 radical (unpaired) electrons. The van der Waals surface area contributed by atoms with Crippen molar-refractivity contribution in [1.29, 1.82) is 0 Å². The summed E-state index contributed by atoms with van der Waals surface area (Å²) in [6.07, 6.45) is -4.01. The molecule has 1 atom stereocenters. The summed E-state index contributed by atoms with van der Waals surface area (Å²) in [7, 11) is 0. The molecule has 2 heterocycles. The molecule has 9 heteroatoms. The summed E-state index contributed by atoms with van der Waals surface area (Å²) in [5.74, 6) is -2.25. The zero-order valence-electron chi connectivity index (χ0n) is 14.8. The minimum absolute atomic E-state index is 0.235. The van der Waals surface area contributed by atoms with E-state index in [2.05, 4.69) is 4.90 Å². The summed E-state index contributed by atoms with van der Waals surface area (Å²) in [4.78, 5) is 27.9. The van der Waals surface area contributed by atoms with Gasteiger partial charge in [-0.2, -0.15) is 13.2 Å². The summed E-state index contributed by atoms with van der Waals surface area (Å²) in [5.41, 5.74) is -2.82. The Labute approximate surface area is 154 Å². The maximum atomic E-state index is 13.4. The summed E-state index contributed by atoms with van der Waals surface area (Å²) in [6, 6.07) is 3.13. The van der Waals surface area contributed by atoms with Crippen LogP contribution < -0.4 is 0 Å². The highest BCUT2D eigenvalue weighted by atomic mass is 19.4. The number of carbonyl (C=O) groups excluding carboxylic acids is 1. The third-order valence-corrected chi connectivity index (χ3v) is 5.31. The van der Waals surface area contributed by atoms with E-state index in [1.54, 1.807) is 0 Å². The molecule has 148 valence electrons. The molecule has 1 amide bonds. The van der Waals surface area contributed by atoms with Gasteiger partial charge >= 0.3 is 12.1 Å². The van der Waals surface area contributed by atoms with E-state index in [4.69, 9.17) is 4.74 Å². The van der Waals surface area contributed by atoms with E-state index in [0.29, 0.717) is 25.9 Å². The van der Waals surface area contributed by atoms with Crippen molar-refractivity contribution in [2.45, 2.75) is 37.7 Å². The van der Waals surface area contributed by atoms with Crippen LogP contribution in [0, 0.1) is 0 Å².